The van der Waals surface area contributed by atoms with E-state index in [1.165, 1.54) is 0 Å². The Kier molecular flexibility index (Phi) is 4.14. The number of nitrogens with zero attached hydrogens (tertiary/aromatic N) is 1. The van der Waals surface area contributed by atoms with Gasteiger partial charge in [0.2, 0.25) is 11.8 Å². The summed E-state index contributed by atoms with van der Waals surface area (Å²) < 4.78 is 0. The third-order valence-electron chi connectivity index (χ3n) is 2.86. The monoisotopic (exact) mass is 241 g/mol. The van der Waals surface area contributed by atoms with E-state index in [4.69, 9.17) is 5.73 Å². The molecule has 0 aromatic heterocycles. The van der Waals surface area contributed by atoms with E-state index in [1.807, 2.05) is 20.8 Å². The highest BCUT2D eigenvalue weighted by molar-refractivity contribution is 5.90. The summed E-state index contributed by atoms with van der Waals surface area (Å²) in [7, 11) is 0. The molecule has 0 bridgehead atoms. The number of carbonyl (C=O) groups is 2. The lowest BCUT2D eigenvalue weighted by Crippen LogP contribution is -2.57. The Morgan fingerprint density at radius 2 is 2.12 bits per heavy atom. The molecule has 1 saturated heterocycles. The van der Waals surface area contributed by atoms with E-state index in [0.717, 1.165) is 6.42 Å². The highest BCUT2D eigenvalue weighted by Crippen LogP contribution is 2.14. The van der Waals surface area contributed by atoms with Gasteiger partial charge in [-0.25, -0.2) is 0 Å². The Balaban J connectivity index is 2.65. The van der Waals surface area contributed by atoms with E-state index in [0.29, 0.717) is 13.0 Å². The van der Waals surface area contributed by atoms with Gasteiger partial charge in [-0.05, 0) is 40.5 Å². The Morgan fingerprint density at radius 1 is 1.53 bits per heavy atom. The molecule has 2 amide bonds. The van der Waals surface area contributed by atoms with Crippen molar-refractivity contribution in [3.8, 4) is 0 Å². The van der Waals surface area contributed by atoms with Gasteiger partial charge in [0.1, 0.15) is 6.04 Å². The van der Waals surface area contributed by atoms with Gasteiger partial charge in [0.15, 0.2) is 0 Å². The molecule has 1 rings (SSSR count). The number of amides is 2. The lowest BCUT2D eigenvalue weighted by atomic mass is 10.0. The third-order valence-corrected chi connectivity index (χ3v) is 2.86. The zero-order valence-electron chi connectivity index (χ0n) is 11.1. The summed E-state index contributed by atoms with van der Waals surface area (Å²) in [6, 6.07) is -0.901. The zero-order valence-corrected chi connectivity index (χ0v) is 11.1. The molecule has 2 unspecified atom stereocenters. The van der Waals surface area contributed by atoms with Gasteiger partial charge in [0.05, 0.1) is 6.04 Å². The first-order chi connectivity index (χ1) is 7.72. The molecule has 17 heavy (non-hydrogen) atoms. The van der Waals surface area contributed by atoms with Crippen LogP contribution in [0, 0.1) is 0 Å². The highest BCUT2D eigenvalue weighted by Gasteiger charge is 2.33. The van der Waals surface area contributed by atoms with Crippen LogP contribution in [-0.4, -0.2) is 40.9 Å². The predicted molar refractivity (Wildman–Crippen MR) is 66.3 cm³/mol. The van der Waals surface area contributed by atoms with Crippen LogP contribution in [-0.2, 0) is 9.59 Å². The summed E-state index contributed by atoms with van der Waals surface area (Å²) in [6.45, 7) is 8.12. The van der Waals surface area contributed by atoms with E-state index < -0.39 is 12.1 Å². The Morgan fingerprint density at radius 3 is 2.65 bits per heavy atom. The van der Waals surface area contributed by atoms with E-state index in [-0.39, 0.29) is 17.4 Å². The van der Waals surface area contributed by atoms with Gasteiger partial charge in [0.25, 0.3) is 0 Å². The van der Waals surface area contributed by atoms with Gasteiger partial charge in [-0.2, -0.15) is 0 Å². The van der Waals surface area contributed by atoms with Crippen LogP contribution in [0.25, 0.3) is 0 Å². The summed E-state index contributed by atoms with van der Waals surface area (Å²) >= 11 is 0. The van der Waals surface area contributed by atoms with Gasteiger partial charge in [0, 0.05) is 12.1 Å². The number of hydrogen-bond acceptors (Lipinski definition) is 3. The van der Waals surface area contributed by atoms with Gasteiger partial charge >= 0.3 is 0 Å². The first kappa shape index (κ1) is 14.0. The standard InChI is InChI=1S/C12H23N3O2/c1-8(10(16)14-12(2,3)4)15-7-5-6-9(13)11(15)17/h8-9H,5-7,13H2,1-4H3,(H,14,16). The Bertz CT molecular complexity index is 309. The number of nitrogens with two attached hydrogens (primary N) is 1. The minimum atomic E-state index is -0.451. The van der Waals surface area contributed by atoms with Crippen molar-refractivity contribution in [2.24, 2.45) is 5.73 Å². The van der Waals surface area contributed by atoms with Gasteiger partial charge in [-0.3, -0.25) is 9.59 Å². The van der Waals surface area contributed by atoms with E-state index in [1.54, 1.807) is 11.8 Å². The molecule has 0 spiro atoms. The summed E-state index contributed by atoms with van der Waals surface area (Å²) in [5, 5.41) is 2.88. The van der Waals surface area contributed by atoms with Crippen LogP contribution in [0.5, 0.6) is 0 Å². The fraction of sp³-hybridized carbons (Fsp3) is 0.833. The van der Waals surface area contributed by atoms with Crippen molar-refractivity contribution in [3.05, 3.63) is 0 Å². The second-order valence-electron chi connectivity index (χ2n) is 5.70. The van der Waals surface area contributed by atoms with Crippen molar-refractivity contribution >= 4 is 11.8 Å². The van der Waals surface area contributed by atoms with Crippen molar-refractivity contribution in [3.63, 3.8) is 0 Å². The summed E-state index contributed by atoms with van der Waals surface area (Å²) in [5.41, 5.74) is 5.43. The van der Waals surface area contributed by atoms with E-state index >= 15 is 0 Å². The van der Waals surface area contributed by atoms with Gasteiger partial charge < -0.3 is 16.0 Å². The normalized spacial score (nSPS) is 23.5. The third kappa shape index (κ3) is 3.70. The Hall–Kier alpha value is -1.10. The van der Waals surface area contributed by atoms with Crippen LogP contribution in [0.1, 0.15) is 40.5 Å². The molecule has 5 nitrogen and oxygen atoms in total. The molecule has 0 saturated carbocycles. The van der Waals surface area contributed by atoms with Crippen LogP contribution in [0.3, 0.4) is 0 Å². The van der Waals surface area contributed by atoms with Gasteiger partial charge in [-0.15, -0.1) is 0 Å². The number of piperidine rings is 1. The molecule has 3 N–H and O–H groups in total. The lowest BCUT2D eigenvalue weighted by molar-refractivity contribution is -0.143. The maximum absolute atomic E-state index is 12.0. The van der Waals surface area contributed by atoms with Crippen LogP contribution in [0.4, 0.5) is 0 Å². The van der Waals surface area contributed by atoms with Crippen molar-refractivity contribution in [1.82, 2.24) is 10.2 Å². The molecule has 98 valence electrons. The molecule has 2 atom stereocenters. The molecule has 1 aliphatic heterocycles. The number of carbonyl (C=O) groups excluding carboxylic acids is 2. The van der Waals surface area contributed by atoms with Crippen LogP contribution in [0.15, 0.2) is 0 Å². The first-order valence-corrected chi connectivity index (χ1v) is 6.10. The largest absolute Gasteiger partial charge is 0.350 e. The summed E-state index contributed by atoms with van der Waals surface area (Å²) in [4.78, 5) is 25.4. The molecule has 0 aromatic rings. The quantitative estimate of drug-likeness (QED) is 0.727. The number of nitrogens with one attached hydrogen (secondary N) is 1. The summed E-state index contributed by atoms with van der Waals surface area (Å²) in [5.74, 6) is -0.243. The number of hydrogen-bond donors (Lipinski definition) is 2. The van der Waals surface area contributed by atoms with Crippen molar-refractivity contribution < 1.29 is 9.59 Å². The van der Waals surface area contributed by atoms with Crippen molar-refractivity contribution in [1.29, 1.82) is 0 Å². The molecule has 0 aliphatic carbocycles. The minimum Gasteiger partial charge on any atom is -0.350 e. The fourth-order valence-electron chi connectivity index (χ4n) is 1.93. The average molecular weight is 241 g/mol. The molecule has 0 aromatic carbocycles. The van der Waals surface area contributed by atoms with E-state index in [9.17, 15) is 9.59 Å². The molecule has 1 fully saturated rings. The highest BCUT2D eigenvalue weighted by atomic mass is 16.2. The number of likely N-dealkylation sites (tertiary alicyclic amines) is 1. The second kappa shape index (κ2) is 5.04. The summed E-state index contributed by atoms with van der Waals surface area (Å²) in [6.07, 6.45) is 1.57. The molecule has 1 aliphatic rings. The van der Waals surface area contributed by atoms with E-state index in [2.05, 4.69) is 5.32 Å². The zero-order chi connectivity index (χ0) is 13.2. The SMILES string of the molecule is CC(C(=O)NC(C)(C)C)N1CCCC(N)C1=O. The molecular formula is C12H23N3O2. The van der Waals surface area contributed by atoms with Crippen LogP contribution in [0.2, 0.25) is 0 Å². The molecule has 5 heteroatoms. The Labute approximate surface area is 103 Å². The predicted octanol–water partition coefficient (Wildman–Crippen LogP) is 0.239. The lowest BCUT2D eigenvalue weighted by Gasteiger charge is -2.35. The van der Waals surface area contributed by atoms with Crippen LogP contribution >= 0.6 is 0 Å². The molecular weight excluding hydrogens is 218 g/mol. The first-order valence-electron chi connectivity index (χ1n) is 6.10. The molecule has 1 heterocycles. The fourth-order valence-corrected chi connectivity index (χ4v) is 1.93. The van der Waals surface area contributed by atoms with Crippen LogP contribution < -0.4 is 11.1 Å². The minimum absolute atomic E-state index is 0.118. The van der Waals surface area contributed by atoms with Gasteiger partial charge in [-0.1, -0.05) is 0 Å². The maximum atomic E-state index is 12.0. The van der Waals surface area contributed by atoms with Crippen molar-refractivity contribution in [2.45, 2.75) is 58.2 Å². The second-order valence-corrected chi connectivity index (χ2v) is 5.70. The number of rotatable bonds is 2. The smallest absolute Gasteiger partial charge is 0.242 e. The van der Waals surface area contributed by atoms with Crippen molar-refractivity contribution in [2.75, 3.05) is 6.54 Å². The average Bonchev–Trinajstić information content (AvgIpc) is 2.18. The molecule has 0 radical (unpaired) electrons. The maximum Gasteiger partial charge on any atom is 0.242 e. The topological polar surface area (TPSA) is 75.4 Å².